The first kappa shape index (κ1) is 21.8. The van der Waals surface area contributed by atoms with Crippen LogP contribution in [0.2, 0.25) is 0 Å². The van der Waals surface area contributed by atoms with Crippen molar-refractivity contribution in [3.63, 3.8) is 0 Å². The van der Waals surface area contributed by atoms with E-state index in [0.717, 1.165) is 17.7 Å². The molecule has 1 aliphatic heterocycles. The van der Waals surface area contributed by atoms with E-state index in [2.05, 4.69) is 4.72 Å². The minimum atomic E-state index is -3.83. The van der Waals surface area contributed by atoms with Gasteiger partial charge in [-0.2, -0.15) is 19.5 Å². The van der Waals surface area contributed by atoms with E-state index in [-0.39, 0.29) is 10.5 Å². The smallest absolute Gasteiger partial charge is 0.290 e. The topological polar surface area (TPSA) is 127 Å². The molecule has 4 rings (SSSR count). The zero-order valence-electron chi connectivity index (χ0n) is 17.5. The fourth-order valence-electron chi connectivity index (χ4n) is 3.61. The Kier molecular flexibility index (Phi) is 5.19. The molecular formula is C22H21N4O5S+. The van der Waals surface area contributed by atoms with E-state index in [0.29, 0.717) is 11.3 Å². The molecule has 10 heteroatoms. The Morgan fingerprint density at radius 3 is 2.50 bits per heavy atom. The molecule has 32 heavy (non-hydrogen) atoms. The number of nitrogens with one attached hydrogen (secondary N) is 1. The van der Waals surface area contributed by atoms with Crippen molar-refractivity contribution in [2.45, 2.75) is 25.3 Å². The summed E-state index contributed by atoms with van der Waals surface area (Å²) in [7, 11) is -2.36. The van der Waals surface area contributed by atoms with E-state index >= 15 is 0 Å². The molecule has 1 heterocycles. The Morgan fingerprint density at radius 2 is 1.91 bits per heavy atom. The number of amides is 3. The van der Waals surface area contributed by atoms with E-state index in [1.807, 2.05) is 13.0 Å². The largest absolute Gasteiger partial charge is 0.501 e. The number of benzene rings is 1. The Balaban J connectivity index is 1.61. The van der Waals surface area contributed by atoms with E-state index in [4.69, 9.17) is 5.26 Å². The lowest BCUT2D eigenvalue weighted by Gasteiger charge is -2.26. The van der Waals surface area contributed by atoms with Crippen LogP contribution in [-0.2, 0) is 14.8 Å². The van der Waals surface area contributed by atoms with Gasteiger partial charge in [0.05, 0.1) is 23.6 Å². The van der Waals surface area contributed by atoms with Crippen molar-refractivity contribution < 1.29 is 27.4 Å². The molecule has 0 bridgehead atoms. The summed E-state index contributed by atoms with van der Waals surface area (Å²) < 4.78 is 29.4. The van der Waals surface area contributed by atoms with Crippen LogP contribution in [0.15, 0.2) is 47.4 Å². The average molecular weight is 454 g/mol. The fraction of sp³-hybridized carbons (Fsp3) is 0.318. The summed E-state index contributed by atoms with van der Waals surface area (Å²) in [6, 6.07) is 7.15. The average Bonchev–Trinajstić information content (AvgIpc) is 3.50. The number of imide groups is 1. The predicted octanol–water partition coefficient (Wildman–Crippen LogP) is 1.33. The molecule has 1 saturated carbocycles. The number of fused-ring (bicyclic) bond motifs is 1. The van der Waals surface area contributed by atoms with Crippen LogP contribution in [0.5, 0.6) is 0 Å². The molecule has 1 N–H and O–H groups in total. The van der Waals surface area contributed by atoms with Crippen LogP contribution in [0.1, 0.15) is 35.7 Å². The number of allylic oxidation sites excluding steroid dienone is 2. The van der Waals surface area contributed by atoms with Gasteiger partial charge in [-0.3, -0.25) is 4.79 Å². The summed E-state index contributed by atoms with van der Waals surface area (Å²) in [5, 5.41) is 8.88. The van der Waals surface area contributed by atoms with Crippen molar-refractivity contribution in [1.82, 2.24) is 9.62 Å². The fourth-order valence-corrected chi connectivity index (χ4v) is 5.14. The van der Waals surface area contributed by atoms with Crippen molar-refractivity contribution in [1.29, 1.82) is 5.26 Å². The number of hydrogen-bond acceptors (Lipinski definition) is 6. The Hall–Kier alpha value is -3.42. The summed E-state index contributed by atoms with van der Waals surface area (Å²) >= 11 is 0. The quantitative estimate of drug-likeness (QED) is 0.511. The van der Waals surface area contributed by atoms with Gasteiger partial charge < -0.3 is 0 Å². The van der Waals surface area contributed by atoms with Gasteiger partial charge in [-0.15, -0.1) is 0 Å². The molecule has 1 fully saturated rings. The summed E-state index contributed by atoms with van der Waals surface area (Å²) in [5.74, 6) is -2.14. The molecule has 1 atom stereocenters. The molecule has 9 nitrogen and oxygen atoms in total. The molecule has 2 aliphatic carbocycles. The van der Waals surface area contributed by atoms with Gasteiger partial charge in [0.1, 0.15) is 11.6 Å². The lowest BCUT2D eigenvalue weighted by Crippen LogP contribution is -2.55. The van der Waals surface area contributed by atoms with Crippen LogP contribution >= 0.6 is 0 Å². The molecule has 1 unspecified atom stereocenters. The maximum absolute atomic E-state index is 13.1. The van der Waals surface area contributed by atoms with Gasteiger partial charge in [0.2, 0.25) is 15.8 Å². The number of sulfonamides is 1. The molecule has 1 aromatic carbocycles. The maximum Gasteiger partial charge on any atom is 0.501 e. The number of urea groups is 1. The lowest BCUT2D eigenvalue weighted by molar-refractivity contribution is -0.406. The number of nitriles is 1. The van der Waals surface area contributed by atoms with Gasteiger partial charge in [0.15, 0.2) is 6.54 Å². The summed E-state index contributed by atoms with van der Waals surface area (Å²) in [6.45, 7) is 1.32. The zero-order valence-corrected chi connectivity index (χ0v) is 18.3. The second-order valence-electron chi connectivity index (χ2n) is 8.35. The SMILES string of the molecule is C[N+]1=C2C=CC(S(=O)(=O)NC3(C)CC3)=CC2C(=O)N(CC(=O)c2ccc(C#N)cc2)C1=O. The highest BCUT2D eigenvalue weighted by atomic mass is 32.2. The molecule has 0 aromatic heterocycles. The second-order valence-corrected chi connectivity index (χ2v) is 10.0. The first-order chi connectivity index (χ1) is 15.0. The minimum Gasteiger partial charge on any atom is -0.290 e. The van der Waals surface area contributed by atoms with Gasteiger partial charge in [0.25, 0.3) is 0 Å². The Morgan fingerprint density at radius 1 is 1.25 bits per heavy atom. The minimum absolute atomic E-state index is 0.0474. The summed E-state index contributed by atoms with van der Waals surface area (Å²) in [4.78, 5) is 39.3. The first-order valence-corrected chi connectivity index (χ1v) is 11.5. The Bertz CT molecular complexity index is 1280. The second kappa shape index (κ2) is 7.62. The highest BCUT2D eigenvalue weighted by Crippen LogP contribution is 2.36. The molecule has 3 amide bonds. The first-order valence-electron chi connectivity index (χ1n) is 9.98. The van der Waals surface area contributed by atoms with Gasteiger partial charge in [0, 0.05) is 11.1 Å². The molecular weight excluding hydrogens is 432 g/mol. The van der Waals surface area contributed by atoms with Crippen LogP contribution in [0, 0.1) is 17.2 Å². The van der Waals surface area contributed by atoms with Crippen molar-refractivity contribution in [2.24, 2.45) is 5.92 Å². The van der Waals surface area contributed by atoms with E-state index in [1.54, 1.807) is 0 Å². The maximum atomic E-state index is 13.1. The third kappa shape index (κ3) is 3.92. The molecule has 3 aliphatic rings. The third-order valence-corrected chi connectivity index (χ3v) is 7.49. The highest BCUT2D eigenvalue weighted by Gasteiger charge is 2.48. The monoisotopic (exact) mass is 453 g/mol. The number of nitrogens with zero attached hydrogens (tertiary/aromatic N) is 3. The highest BCUT2D eigenvalue weighted by molar-refractivity contribution is 7.93. The number of carbonyl (C=O) groups excluding carboxylic acids is 3. The number of rotatable bonds is 6. The van der Waals surface area contributed by atoms with Crippen LogP contribution in [0.25, 0.3) is 0 Å². The van der Waals surface area contributed by atoms with Crippen LogP contribution in [-0.4, -0.2) is 60.5 Å². The summed E-state index contributed by atoms with van der Waals surface area (Å²) in [6.07, 6.45) is 5.61. The van der Waals surface area contributed by atoms with Crippen LogP contribution in [0.3, 0.4) is 0 Å². The molecule has 0 spiro atoms. The van der Waals surface area contributed by atoms with Gasteiger partial charge >= 0.3 is 11.9 Å². The van der Waals surface area contributed by atoms with Gasteiger partial charge in [-0.1, -0.05) is 0 Å². The van der Waals surface area contributed by atoms with E-state index < -0.39 is 45.7 Å². The Labute approximate surface area is 185 Å². The van der Waals surface area contributed by atoms with E-state index in [9.17, 15) is 22.8 Å². The van der Waals surface area contributed by atoms with Gasteiger partial charge in [-0.05, 0) is 62.3 Å². The molecule has 164 valence electrons. The summed E-state index contributed by atoms with van der Waals surface area (Å²) in [5.41, 5.74) is 0.512. The van der Waals surface area contributed by atoms with Crippen molar-refractivity contribution in [2.75, 3.05) is 13.6 Å². The standard InChI is InChI=1S/C22H21N4O5S/c1-22(9-10-22)24-32(30,31)16-7-8-18-17(11-16)20(28)26(21(29)25(18)2)13-19(27)15-5-3-14(12-23)4-6-15/h3-8,11,17,24H,9-10,13H2,1-2H3/q+1. The normalized spacial score (nSPS) is 21.7. The number of carbonyl (C=O) groups is 3. The van der Waals surface area contributed by atoms with Crippen LogP contribution < -0.4 is 4.72 Å². The van der Waals surface area contributed by atoms with Crippen molar-refractivity contribution in [3.8, 4) is 6.07 Å². The van der Waals surface area contributed by atoms with Gasteiger partial charge in [-0.25, -0.2) is 17.9 Å². The number of ketones is 1. The lowest BCUT2D eigenvalue weighted by atomic mass is 9.94. The number of Topliss-reactive ketones (excluding diaryl/α,β-unsaturated/α-hetero) is 1. The van der Waals surface area contributed by atoms with Crippen molar-refractivity contribution in [3.05, 3.63) is 58.5 Å². The molecule has 0 radical (unpaired) electrons. The van der Waals surface area contributed by atoms with Crippen LogP contribution in [0.4, 0.5) is 4.79 Å². The van der Waals surface area contributed by atoms with E-state index in [1.165, 1.54) is 54.1 Å². The predicted molar refractivity (Wildman–Crippen MR) is 114 cm³/mol. The molecule has 0 saturated heterocycles. The van der Waals surface area contributed by atoms with Crippen molar-refractivity contribution >= 4 is 33.5 Å². The third-order valence-electron chi connectivity index (χ3n) is 5.83. The molecule has 1 aromatic rings. The zero-order chi connectivity index (χ0) is 23.3. The number of hydrogen-bond donors (Lipinski definition) is 1.